The molecule has 0 amide bonds. The van der Waals surface area contributed by atoms with Crippen molar-refractivity contribution >= 4 is 5.96 Å². The van der Waals surface area contributed by atoms with E-state index in [1.807, 2.05) is 34.9 Å². The van der Waals surface area contributed by atoms with E-state index >= 15 is 0 Å². The lowest BCUT2D eigenvalue weighted by atomic mass is 10.0. The van der Waals surface area contributed by atoms with Crippen molar-refractivity contribution in [3.63, 3.8) is 0 Å². The van der Waals surface area contributed by atoms with Crippen LogP contribution in [0, 0.1) is 0 Å². The largest absolute Gasteiger partial charge is 0.373 e. The van der Waals surface area contributed by atoms with Crippen LogP contribution in [0.25, 0.3) is 5.69 Å². The molecule has 1 aromatic heterocycles. The Hall–Kier alpha value is -2.41. The summed E-state index contributed by atoms with van der Waals surface area (Å²) in [6, 6.07) is 10.0. The summed E-state index contributed by atoms with van der Waals surface area (Å²) >= 11 is 0. The summed E-state index contributed by atoms with van der Waals surface area (Å²) in [5.41, 5.74) is 0.927. The van der Waals surface area contributed by atoms with Gasteiger partial charge in [-0.25, -0.2) is 0 Å². The Kier molecular flexibility index (Phi) is 5.10. The zero-order chi connectivity index (χ0) is 16.8. The van der Waals surface area contributed by atoms with Gasteiger partial charge in [0, 0.05) is 25.9 Å². The molecule has 1 aromatic carbocycles. The minimum Gasteiger partial charge on any atom is -0.373 e. The maximum Gasteiger partial charge on any atom is 0.191 e. The van der Waals surface area contributed by atoms with Crippen molar-refractivity contribution in [3.8, 4) is 5.69 Å². The highest BCUT2D eigenvalue weighted by Gasteiger charge is 2.29. The minimum absolute atomic E-state index is 0.109. The number of para-hydroxylation sites is 1. The number of benzene rings is 1. The molecule has 24 heavy (non-hydrogen) atoms. The number of hydrogen-bond acceptors (Lipinski definition) is 4. The van der Waals surface area contributed by atoms with E-state index in [1.165, 1.54) is 0 Å². The van der Waals surface area contributed by atoms with Crippen molar-refractivity contribution in [3.05, 3.63) is 42.5 Å². The van der Waals surface area contributed by atoms with Gasteiger partial charge in [0.05, 0.1) is 12.1 Å². The van der Waals surface area contributed by atoms with Crippen molar-refractivity contribution < 1.29 is 4.74 Å². The fraction of sp³-hybridized carbons (Fsp3) is 0.471. The zero-order valence-corrected chi connectivity index (χ0v) is 14.2. The van der Waals surface area contributed by atoms with Gasteiger partial charge in [-0.3, -0.25) is 9.56 Å². The van der Waals surface area contributed by atoms with Crippen LogP contribution in [-0.4, -0.2) is 46.5 Å². The van der Waals surface area contributed by atoms with Gasteiger partial charge >= 0.3 is 0 Å². The maximum absolute atomic E-state index is 5.79. The van der Waals surface area contributed by atoms with Crippen molar-refractivity contribution in [2.24, 2.45) is 4.99 Å². The van der Waals surface area contributed by atoms with E-state index in [1.54, 1.807) is 13.4 Å². The van der Waals surface area contributed by atoms with Crippen LogP contribution in [0.1, 0.15) is 25.6 Å². The van der Waals surface area contributed by atoms with Gasteiger partial charge in [-0.2, -0.15) is 0 Å². The molecule has 1 fully saturated rings. The first kappa shape index (κ1) is 16.4. The van der Waals surface area contributed by atoms with Gasteiger partial charge in [0.1, 0.15) is 6.33 Å². The van der Waals surface area contributed by atoms with E-state index in [9.17, 15) is 0 Å². The highest BCUT2D eigenvalue weighted by Crippen LogP contribution is 2.23. The van der Waals surface area contributed by atoms with Crippen LogP contribution >= 0.6 is 0 Å². The second-order valence-corrected chi connectivity index (χ2v) is 6.13. The van der Waals surface area contributed by atoms with Crippen LogP contribution < -0.4 is 10.6 Å². The number of rotatable bonds is 5. The van der Waals surface area contributed by atoms with E-state index in [4.69, 9.17) is 4.74 Å². The molecule has 1 atom stereocenters. The summed E-state index contributed by atoms with van der Waals surface area (Å²) in [6.07, 6.45) is 3.90. The number of nitrogens with one attached hydrogen (secondary N) is 2. The minimum atomic E-state index is -0.109. The van der Waals surface area contributed by atoms with Crippen LogP contribution in [0.2, 0.25) is 0 Å². The van der Waals surface area contributed by atoms with Gasteiger partial charge < -0.3 is 15.4 Å². The Morgan fingerprint density at radius 2 is 2.17 bits per heavy atom. The second-order valence-electron chi connectivity index (χ2n) is 6.13. The van der Waals surface area contributed by atoms with Crippen molar-refractivity contribution in [2.75, 3.05) is 20.2 Å². The molecule has 1 saturated heterocycles. The molecule has 2 N–H and O–H groups in total. The normalized spacial score (nSPS) is 21.0. The fourth-order valence-electron chi connectivity index (χ4n) is 2.81. The summed E-state index contributed by atoms with van der Waals surface area (Å²) in [7, 11) is 1.76. The molecule has 0 bridgehead atoms. The van der Waals surface area contributed by atoms with Crippen molar-refractivity contribution in [1.82, 2.24) is 25.4 Å². The Morgan fingerprint density at radius 3 is 2.88 bits per heavy atom. The summed E-state index contributed by atoms with van der Waals surface area (Å²) in [5, 5.41) is 14.8. The Morgan fingerprint density at radius 1 is 1.33 bits per heavy atom. The van der Waals surface area contributed by atoms with Gasteiger partial charge in [0.15, 0.2) is 11.8 Å². The molecule has 1 aliphatic heterocycles. The Balaban J connectivity index is 1.58. The molecular weight excluding hydrogens is 304 g/mol. The van der Waals surface area contributed by atoms with Gasteiger partial charge in [-0.1, -0.05) is 18.2 Å². The van der Waals surface area contributed by atoms with E-state index in [2.05, 4.69) is 32.7 Å². The maximum atomic E-state index is 5.79. The lowest BCUT2D eigenvalue weighted by Gasteiger charge is -2.24. The summed E-state index contributed by atoms with van der Waals surface area (Å²) in [5.74, 6) is 1.56. The topological polar surface area (TPSA) is 76.4 Å². The Labute approximate surface area is 142 Å². The lowest BCUT2D eigenvalue weighted by molar-refractivity contribution is 0.0243. The first-order valence-corrected chi connectivity index (χ1v) is 8.23. The molecule has 3 rings (SSSR count). The molecule has 0 radical (unpaired) electrons. The molecule has 128 valence electrons. The summed E-state index contributed by atoms with van der Waals surface area (Å²) < 4.78 is 7.75. The highest BCUT2D eigenvalue weighted by atomic mass is 16.5. The standard InChI is InChI=1S/C17H24N6O/c1-17(9-6-10-24-17)12-20-16(18-2)19-11-15-22-21-13-23(15)14-7-4-3-5-8-14/h3-5,7-8,13H,6,9-12H2,1-2H3,(H2,18,19,20). The predicted octanol–water partition coefficient (Wildman–Crippen LogP) is 1.50. The molecule has 1 unspecified atom stereocenters. The van der Waals surface area contributed by atoms with Gasteiger partial charge in [-0.05, 0) is 31.9 Å². The van der Waals surface area contributed by atoms with Gasteiger partial charge in [0.25, 0.3) is 0 Å². The number of guanidine groups is 1. The lowest BCUT2D eigenvalue weighted by Crippen LogP contribution is -2.45. The van der Waals surface area contributed by atoms with Crippen LogP contribution in [0.3, 0.4) is 0 Å². The number of hydrogen-bond donors (Lipinski definition) is 2. The fourth-order valence-corrected chi connectivity index (χ4v) is 2.81. The average Bonchev–Trinajstić information content (AvgIpc) is 3.25. The third-order valence-corrected chi connectivity index (χ3v) is 4.22. The molecule has 1 aliphatic rings. The van der Waals surface area contributed by atoms with Gasteiger partial charge in [-0.15, -0.1) is 10.2 Å². The molecule has 7 nitrogen and oxygen atoms in total. The van der Waals surface area contributed by atoms with E-state index in [0.29, 0.717) is 6.54 Å². The molecule has 2 heterocycles. The summed E-state index contributed by atoms with van der Waals surface area (Å²) in [4.78, 5) is 4.26. The third-order valence-electron chi connectivity index (χ3n) is 4.22. The smallest absolute Gasteiger partial charge is 0.191 e. The number of nitrogens with zero attached hydrogens (tertiary/aromatic N) is 4. The molecule has 7 heteroatoms. The van der Waals surface area contributed by atoms with Crippen LogP contribution in [0.5, 0.6) is 0 Å². The van der Waals surface area contributed by atoms with Crippen molar-refractivity contribution in [2.45, 2.75) is 31.9 Å². The van der Waals surface area contributed by atoms with E-state index in [-0.39, 0.29) is 5.60 Å². The van der Waals surface area contributed by atoms with Crippen LogP contribution in [0.15, 0.2) is 41.7 Å². The monoisotopic (exact) mass is 328 g/mol. The number of aromatic nitrogens is 3. The van der Waals surface area contributed by atoms with Crippen LogP contribution in [-0.2, 0) is 11.3 Å². The Bertz CT molecular complexity index is 675. The summed E-state index contributed by atoms with van der Waals surface area (Å²) in [6.45, 7) is 4.24. The third kappa shape index (κ3) is 3.91. The molecular formula is C17H24N6O. The second kappa shape index (κ2) is 7.44. The van der Waals surface area contributed by atoms with Crippen LogP contribution in [0.4, 0.5) is 0 Å². The van der Waals surface area contributed by atoms with E-state index < -0.39 is 0 Å². The molecule has 0 spiro atoms. The van der Waals surface area contributed by atoms with Crippen molar-refractivity contribution in [1.29, 1.82) is 0 Å². The van der Waals surface area contributed by atoms with E-state index in [0.717, 1.165) is 43.5 Å². The highest BCUT2D eigenvalue weighted by molar-refractivity contribution is 5.79. The first-order valence-electron chi connectivity index (χ1n) is 8.23. The number of ether oxygens (including phenoxy) is 1. The first-order chi connectivity index (χ1) is 11.7. The SMILES string of the molecule is CN=C(NCc1nncn1-c1ccccc1)NCC1(C)CCCO1. The molecule has 0 aliphatic carbocycles. The molecule has 2 aromatic rings. The molecule has 0 saturated carbocycles. The predicted molar refractivity (Wildman–Crippen MR) is 93.2 cm³/mol. The number of aliphatic imine (C=N–C) groups is 1. The zero-order valence-electron chi connectivity index (χ0n) is 14.2. The quantitative estimate of drug-likeness (QED) is 0.642. The van der Waals surface area contributed by atoms with Gasteiger partial charge in [0.2, 0.25) is 0 Å². The average molecular weight is 328 g/mol.